The van der Waals surface area contributed by atoms with Crippen molar-refractivity contribution in [2.24, 2.45) is 17.6 Å². The number of aromatic nitrogens is 1. The molecule has 0 saturated carbocycles. The monoisotopic (exact) mass is 325 g/mol. The lowest BCUT2D eigenvalue weighted by atomic mass is 9.72. The fourth-order valence-corrected chi connectivity index (χ4v) is 4.79. The predicted octanol–water partition coefficient (Wildman–Crippen LogP) is 3.36. The van der Waals surface area contributed by atoms with Crippen molar-refractivity contribution in [1.29, 1.82) is 0 Å². The Bertz CT molecular complexity index is 732. The van der Waals surface area contributed by atoms with Gasteiger partial charge in [0.15, 0.2) is 0 Å². The Kier molecular flexibility index (Phi) is 4.19. The lowest BCUT2D eigenvalue weighted by molar-refractivity contribution is -0.0105. The number of nitrogens with zero attached hydrogens (tertiary/aromatic N) is 2. The summed E-state index contributed by atoms with van der Waals surface area (Å²) in [5, 5.41) is 1.12. The van der Waals surface area contributed by atoms with E-state index in [2.05, 4.69) is 28.9 Å². The molecule has 2 aromatic rings. The molecule has 4 heteroatoms. The normalized spacial score (nSPS) is 30.5. The van der Waals surface area contributed by atoms with Gasteiger partial charge in [0.05, 0.1) is 12.6 Å². The van der Waals surface area contributed by atoms with Crippen molar-refractivity contribution in [3.05, 3.63) is 36.0 Å². The van der Waals surface area contributed by atoms with Crippen LogP contribution in [0.25, 0.3) is 10.9 Å². The summed E-state index contributed by atoms with van der Waals surface area (Å²) in [6.07, 6.45) is 5.74. The summed E-state index contributed by atoms with van der Waals surface area (Å²) >= 11 is 0. The number of hydrogen-bond donors (Lipinski definition) is 1. The molecule has 24 heavy (non-hydrogen) atoms. The second kappa shape index (κ2) is 6.34. The smallest absolute Gasteiger partial charge is 0.119 e. The highest BCUT2D eigenvalue weighted by Gasteiger charge is 2.41. The van der Waals surface area contributed by atoms with Gasteiger partial charge in [0.25, 0.3) is 0 Å². The molecular weight excluding hydrogens is 298 g/mol. The van der Waals surface area contributed by atoms with E-state index < -0.39 is 0 Å². The fraction of sp³-hybridized carbons (Fsp3) is 0.550. The third-order valence-corrected chi connectivity index (χ3v) is 6.22. The summed E-state index contributed by atoms with van der Waals surface area (Å²) < 4.78 is 5.40. The molecule has 3 aliphatic rings. The summed E-state index contributed by atoms with van der Waals surface area (Å²) in [5.41, 5.74) is 8.98. The predicted molar refractivity (Wildman–Crippen MR) is 97.1 cm³/mol. The average Bonchev–Trinajstić information content (AvgIpc) is 2.66. The van der Waals surface area contributed by atoms with E-state index in [4.69, 9.17) is 10.5 Å². The first-order valence-electron chi connectivity index (χ1n) is 9.13. The van der Waals surface area contributed by atoms with Gasteiger partial charge in [0.1, 0.15) is 5.75 Å². The van der Waals surface area contributed by atoms with Crippen LogP contribution in [0.3, 0.4) is 0 Å². The number of fused-ring (bicyclic) bond motifs is 4. The molecule has 4 nitrogen and oxygen atoms in total. The van der Waals surface area contributed by atoms with E-state index >= 15 is 0 Å². The maximum atomic E-state index is 6.79. The molecule has 0 radical (unpaired) electrons. The van der Waals surface area contributed by atoms with Gasteiger partial charge >= 0.3 is 0 Å². The van der Waals surface area contributed by atoms with Gasteiger partial charge < -0.3 is 10.5 Å². The third-order valence-electron chi connectivity index (χ3n) is 6.22. The van der Waals surface area contributed by atoms with Crippen LogP contribution >= 0.6 is 0 Å². The molecule has 128 valence electrons. The van der Waals surface area contributed by atoms with Crippen molar-refractivity contribution in [3.8, 4) is 5.75 Å². The molecule has 2 N–H and O–H groups in total. The second-order valence-corrected chi connectivity index (χ2v) is 7.32. The van der Waals surface area contributed by atoms with Crippen LogP contribution in [0, 0.1) is 11.8 Å². The van der Waals surface area contributed by atoms with E-state index in [1.54, 1.807) is 7.11 Å². The summed E-state index contributed by atoms with van der Waals surface area (Å²) in [4.78, 5) is 7.12. The topological polar surface area (TPSA) is 51.4 Å². The average molecular weight is 325 g/mol. The van der Waals surface area contributed by atoms with Gasteiger partial charge in [-0.05, 0) is 61.1 Å². The molecular formula is C20H27N3O. The maximum Gasteiger partial charge on any atom is 0.119 e. The second-order valence-electron chi connectivity index (χ2n) is 7.32. The lowest BCUT2D eigenvalue weighted by Gasteiger charge is -2.51. The Morgan fingerprint density at radius 3 is 2.96 bits per heavy atom. The van der Waals surface area contributed by atoms with Crippen LogP contribution in [0.15, 0.2) is 30.5 Å². The molecule has 0 spiro atoms. The van der Waals surface area contributed by atoms with E-state index in [0.717, 1.165) is 28.5 Å². The minimum Gasteiger partial charge on any atom is -0.497 e. The van der Waals surface area contributed by atoms with Gasteiger partial charge in [0, 0.05) is 30.2 Å². The summed E-state index contributed by atoms with van der Waals surface area (Å²) in [7, 11) is 1.70. The zero-order chi connectivity index (χ0) is 16.7. The number of piperidine rings is 3. The van der Waals surface area contributed by atoms with Crippen molar-refractivity contribution >= 4 is 10.9 Å². The van der Waals surface area contributed by atoms with Crippen molar-refractivity contribution in [1.82, 2.24) is 9.88 Å². The first-order valence-corrected chi connectivity index (χ1v) is 9.13. The Morgan fingerprint density at radius 2 is 2.25 bits per heavy atom. The van der Waals surface area contributed by atoms with Crippen LogP contribution < -0.4 is 10.5 Å². The van der Waals surface area contributed by atoms with Gasteiger partial charge in [-0.25, -0.2) is 0 Å². The van der Waals surface area contributed by atoms with E-state index in [9.17, 15) is 0 Å². The fourth-order valence-electron chi connectivity index (χ4n) is 4.79. The van der Waals surface area contributed by atoms with Crippen molar-refractivity contribution in [3.63, 3.8) is 0 Å². The van der Waals surface area contributed by atoms with E-state index in [1.807, 2.05) is 18.3 Å². The molecule has 2 bridgehead atoms. The third kappa shape index (κ3) is 2.58. The van der Waals surface area contributed by atoms with Crippen molar-refractivity contribution in [2.45, 2.75) is 38.3 Å². The molecule has 0 aliphatic carbocycles. The van der Waals surface area contributed by atoms with Crippen LogP contribution in [0.2, 0.25) is 0 Å². The highest BCUT2D eigenvalue weighted by molar-refractivity contribution is 5.84. The number of rotatable bonds is 4. The lowest BCUT2D eigenvalue weighted by Crippen LogP contribution is -2.56. The molecule has 4 heterocycles. The minimum absolute atomic E-state index is 0.0308. The number of benzene rings is 1. The van der Waals surface area contributed by atoms with Gasteiger partial charge in [-0.2, -0.15) is 0 Å². The van der Waals surface area contributed by atoms with Crippen LogP contribution in [-0.4, -0.2) is 36.1 Å². The highest BCUT2D eigenvalue weighted by Crippen LogP contribution is 2.42. The Balaban J connectivity index is 1.68. The largest absolute Gasteiger partial charge is 0.497 e. The molecule has 3 saturated heterocycles. The highest BCUT2D eigenvalue weighted by atomic mass is 16.5. The van der Waals surface area contributed by atoms with Crippen LogP contribution in [-0.2, 0) is 0 Å². The van der Waals surface area contributed by atoms with Gasteiger partial charge in [-0.1, -0.05) is 13.3 Å². The Hall–Kier alpha value is -1.65. The van der Waals surface area contributed by atoms with Crippen LogP contribution in [0.5, 0.6) is 5.75 Å². The van der Waals surface area contributed by atoms with E-state index in [-0.39, 0.29) is 6.04 Å². The van der Waals surface area contributed by atoms with E-state index in [1.165, 1.54) is 37.9 Å². The first kappa shape index (κ1) is 15.9. The molecule has 1 aromatic carbocycles. The van der Waals surface area contributed by atoms with Gasteiger partial charge in [-0.15, -0.1) is 0 Å². The Labute approximate surface area is 144 Å². The number of ether oxygens (including phenoxy) is 1. The molecule has 2 unspecified atom stereocenters. The Morgan fingerprint density at radius 1 is 1.38 bits per heavy atom. The molecule has 3 aliphatic heterocycles. The molecule has 1 aromatic heterocycles. The standard InChI is InChI=1S/C20H27N3O/c1-3-13-12-23-9-7-14(13)10-19(23)20(21)16-6-8-22-18-5-4-15(24-2)11-17(16)18/h4-6,8,11,13-14,19-20H,3,7,9-10,12,21H2,1-2H3/t13-,14-,19+,20?/m0/s1. The van der Waals surface area contributed by atoms with Crippen molar-refractivity contribution < 1.29 is 4.74 Å². The number of hydrogen-bond acceptors (Lipinski definition) is 4. The number of pyridine rings is 1. The molecule has 3 fully saturated rings. The first-order chi connectivity index (χ1) is 11.7. The SMILES string of the molecule is CC[C@H]1CN2CC[C@H]1C[C@@H]2C(N)c1ccnc2ccc(OC)cc12. The summed E-state index contributed by atoms with van der Waals surface area (Å²) in [6, 6.07) is 8.62. The van der Waals surface area contributed by atoms with Crippen molar-refractivity contribution in [2.75, 3.05) is 20.2 Å². The summed E-state index contributed by atoms with van der Waals surface area (Å²) in [6.45, 7) is 4.74. The van der Waals surface area contributed by atoms with E-state index in [0.29, 0.717) is 6.04 Å². The van der Waals surface area contributed by atoms with Gasteiger partial charge in [0.2, 0.25) is 0 Å². The number of methoxy groups -OCH3 is 1. The molecule has 0 amide bonds. The van der Waals surface area contributed by atoms with Gasteiger partial charge in [-0.3, -0.25) is 9.88 Å². The quantitative estimate of drug-likeness (QED) is 0.936. The van der Waals surface area contributed by atoms with Crippen LogP contribution in [0.1, 0.15) is 37.8 Å². The number of nitrogens with two attached hydrogens (primary N) is 1. The maximum absolute atomic E-state index is 6.79. The molecule has 5 rings (SSSR count). The zero-order valence-corrected chi connectivity index (χ0v) is 14.6. The van der Waals surface area contributed by atoms with Crippen LogP contribution in [0.4, 0.5) is 0 Å². The molecule has 5 atom stereocenters. The minimum atomic E-state index is 0.0308. The zero-order valence-electron chi connectivity index (χ0n) is 14.6. The summed E-state index contributed by atoms with van der Waals surface area (Å²) in [5.74, 6) is 2.57.